The molecule has 96 valence electrons. The molecule has 0 aliphatic rings. The van der Waals surface area contributed by atoms with Crippen molar-refractivity contribution < 1.29 is 0 Å². The van der Waals surface area contributed by atoms with Crippen LogP contribution in [-0.4, -0.2) is 17.6 Å². The minimum absolute atomic E-state index is 0.529. The van der Waals surface area contributed by atoms with Gasteiger partial charge in [0.25, 0.3) is 0 Å². The molecular weight excluding hydrogens is 240 g/mol. The van der Waals surface area contributed by atoms with Crippen LogP contribution in [0.15, 0.2) is 41.9 Å². The van der Waals surface area contributed by atoms with Gasteiger partial charge in [0.1, 0.15) is 0 Å². The molecule has 0 bridgehead atoms. The quantitative estimate of drug-likeness (QED) is 0.826. The molecule has 0 fully saturated rings. The molecule has 2 rings (SSSR count). The lowest BCUT2D eigenvalue weighted by Gasteiger charge is -2.16. The fourth-order valence-electron chi connectivity index (χ4n) is 2.12. The highest BCUT2D eigenvalue weighted by atomic mass is 32.1. The van der Waals surface area contributed by atoms with Crippen LogP contribution in [0.25, 0.3) is 0 Å². The van der Waals surface area contributed by atoms with Gasteiger partial charge in [-0.1, -0.05) is 37.3 Å². The summed E-state index contributed by atoms with van der Waals surface area (Å²) in [4.78, 5) is 4.37. The number of benzene rings is 1. The van der Waals surface area contributed by atoms with Crippen LogP contribution in [0, 0.1) is 0 Å². The smallest absolute Gasteiger partial charge is 0.0940 e. The molecule has 0 amide bonds. The lowest BCUT2D eigenvalue weighted by atomic mass is 10.0. The van der Waals surface area contributed by atoms with Crippen LogP contribution < -0.4 is 5.32 Å². The first kappa shape index (κ1) is 13.2. The summed E-state index contributed by atoms with van der Waals surface area (Å²) >= 11 is 1.75. The number of thiazole rings is 1. The standard InChI is InChI=1S/C15H20N2S/c1-2-16-14(12-15-17-10-11-18-15)9-8-13-6-4-3-5-7-13/h3-7,10-11,14,16H,2,8-9,12H2,1H3. The fourth-order valence-corrected chi connectivity index (χ4v) is 2.81. The molecule has 2 nitrogen and oxygen atoms in total. The maximum absolute atomic E-state index is 4.37. The second-order valence-corrected chi connectivity index (χ2v) is 5.39. The number of nitrogens with zero attached hydrogens (tertiary/aromatic N) is 1. The predicted octanol–water partition coefficient (Wildman–Crippen LogP) is 3.30. The van der Waals surface area contributed by atoms with E-state index in [-0.39, 0.29) is 0 Å². The van der Waals surface area contributed by atoms with Crippen molar-refractivity contribution in [2.75, 3.05) is 6.54 Å². The third-order valence-corrected chi connectivity index (χ3v) is 3.82. The molecule has 0 aliphatic carbocycles. The first-order chi connectivity index (χ1) is 8.88. The van der Waals surface area contributed by atoms with Crippen LogP contribution in [-0.2, 0) is 12.8 Å². The molecular formula is C15H20N2S. The Morgan fingerprint density at radius 2 is 2.11 bits per heavy atom. The SMILES string of the molecule is CCNC(CCc1ccccc1)Cc1nccs1. The van der Waals surface area contributed by atoms with Crippen molar-refractivity contribution in [2.24, 2.45) is 0 Å². The summed E-state index contributed by atoms with van der Waals surface area (Å²) in [5, 5.41) is 6.84. The average Bonchev–Trinajstić information content (AvgIpc) is 2.90. The Kier molecular flexibility index (Phi) is 5.36. The van der Waals surface area contributed by atoms with E-state index in [0.717, 1.165) is 25.8 Å². The van der Waals surface area contributed by atoms with Crippen molar-refractivity contribution in [3.63, 3.8) is 0 Å². The van der Waals surface area contributed by atoms with Crippen LogP contribution >= 0.6 is 11.3 Å². The maximum atomic E-state index is 4.37. The molecule has 0 saturated carbocycles. The minimum Gasteiger partial charge on any atom is -0.314 e. The van der Waals surface area contributed by atoms with Gasteiger partial charge in [0.05, 0.1) is 5.01 Å². The number of aryl methyl sites for hydroxylation is 1. The van der Waals surface area contributed by atoms with Gasteiger partial charge in [-0.15, -0.1) is 11.3 Å². The van der Waals surface area contributed by atoms with Crippen molar-refractivity contribution in [1.29, 1.82) is 0 Å². The van der Waals surface area contributed by atoms with E-state index in [1.54, 1.807) is 11.3 Å². The van der Waals surface area contributed by atoms with E-state index < -0.39 is 0 Å². The largest absolute Gasteiger partial charge is 0.314 e. The summed E-state index contributed by atoms with van der Waals surface area (Å²) < 4.78 is 0. The maximum Gasteiger partial charge on any atom is 0.0940 e. The Morgan fingerprint density at radius 1 is 1.28 bits per heavy atom. The zero-order chi connectivity index (χ0) is 12.6. The monoisotopic (exact) mass is 260 g/mol. The summed E-state index contributed by atoms with van der Waals surface area (Å²) in [6, 6.07) is 11.2. The molecule has 1 aromatic carbocycles. The summed E-state index contributed by atoms with van der Waals surface area (Å²) in [5.74, 6) is 0. The fraction of sp³-hybridized carbons (Fsp3) is 0.400. The number of nitrogens with one attached hydrogen (secondary N) is 1. The first-order valence-corrected chi connectivity index (χ1v) is 7.42. The van der Waals surface area contributed by atoms with Gasteiger partial charge < -0.3 is 5.32 Å². The molecule has 0 saturated heterocycles. The summed E-state index contributed by atoms with van der Waals surface area (Å²) in [7, 11) is 0. The van der Waals surface area contributed by atoms with Gasteiger partial charge in [-0.3, -0.25) is 0 Å². The third-order valence-electron chi connectivity index (χ3n) is 3.02. The van der Waals surface area contributed by atoms with Crippen molar-refractivity contribution in [3.05, 3.63) is 52.5 Å². The molecule has 1 unspecified atom stereocenters. The normalized spacial score (nSPS) is 12.5. The summed E-state index contributed by atoms with van der Waals surface area (Å²) in [6.07, 6.45) is 5.22. The predicted molar refractivity (Wildman–Crippen MR) is 78.0 cm³/mol. The number of likely N-dealkylation sites (N-methyl/N-ethyl adjacent to an activating group) is 1. The highest BCUT2D eigenvalue weighted by Crippen LogP contribution is 2.12. The van der Waals surface area contributed by atoms with E-state index in [0.29, 0.717) is 6.04 Å². The first-order valence-electron chi connectivity index (χ1n) is 6.54. The van der Waals surface area contributed by atoms with E-state index in [9.17, 15) is 0 Å². The molecule has 0 radical (unpaired) electrons. The molecule has 1 N–H and O–H groups in total. The van der Waals surface area contributed by atoms with Gasteiger partial charge in [0, 0.05) is 24.0 Å². The molecule has 3 heteroatoms. The van der Waals surface area contributed by atoms with E-state index >= 15 is 0 Å². The molecule has 0 spiro atoms. The Morgan fingerprint density at radius 3 is 2.78 bits per heavy atom. The Hall–Kier alpha value is -1.19. The topological polar surface area (TPSA) is 24.9 Å². The van der Waals surface area contributed by atoms with E-state index in [4.69, 9.17) is 0 Å². The number of rotatable bonds is 7. The molecule has 1 aromatic heterocycles. The second kappa shape index (κ2) is 7.29. The molecule has 18 heavy (non-hydrogen) atoms. The Bertz CT molecular complexity index is 425. The van der Waals surface area contributed by atoms with Gasteiger partial charge in [-0.05, 0) is 24.9 Å². The lowest BCUT2D eigenvalue weighted by Crippen LogP contribution is -2.31. The van der Waals surface area contributed by atoms with Gasteiger partial charge in [-0.25, -0.2) is 4.98 Å². The molecule has 1 heterocycles. The van der Waals surface area contributed by atoms with Crippen LogP contribution in [0.1, 0.15) is 23.9 Å². The van der Waals surface area contributed by atoms with Gasteiger partial charge in [0.15, 0.2) is 0 Å². The van der Waals surface area contributed by atoms with Crippen molar-refractivity contribution in [2.45, 2.75) is 32.2 Å². The summed E-state index contributed by atoms with van der Waals surface area (Å²) in [6.45, 7) is 3.18. The highest BCUT2D eigenvalue weighted by molar-refractivity contribution is 7.09. The third kappa shape index (κ3) is 4.24. The highest BCUT2D eigenvalue weighted by Gasteiger charge is 2.10. The zero-order valence-corrected chi connectivity index (χ0v) is 11.6. The average molecular weight is 260 g/mol. The van der Waals surface area contributed by atoms with Crippen molar-refractivity contribution in [1.82, 2.24) is 10.3 Å². The van der Waals surface area contributed by atoms with E-state index in [1.165, 1.54) is 10.6 Å². The molecule has 0 aliphatic heterocycles. The van der Waals surface area contributed by atoms with Crippen LogP contribution in [0.2, 0.25) is 0 Å². The zero-order valence-electron chi connectivity index (χ0n) is 10.8. The molecule has 1 atom stereocenters. The van der Waals surface area contributed by atoms with Gasteiger partial charge in [-0.2, -0.15) is 0 Å². The Labute approximate surface area is 113 Å². The number of hydrogen-bond donors (Lipinski definition) is 1. The lowest BCUT2D eigenvalue weighted by molar-refractivity contribution is 0.490. The van der Waals surface area contributed by atoms with Crippen LogP contribution in [0.5, 0.6) is 0 Å². The van der Waals surface area contributed by atoms with E-state index in [2.05, 4.69) is 52.9 Å². The molecule has 2 aromatic rings. The van der Waals surface area contributed by atoms with Crippen molar-refractivity contribution in [3.8, 4) is 0 Å². The van der Waals surface area contributed by atoms with Gasteiger partial charge in [0.2, 0.25) is 0 Å². The Balaban J connectivity index is 1.86. The minimum atomic E-state index is 0.529. The van der Waals surface area contributed by atoms with Crippen molar-refractivity contribution >= 4 is 11.3 Å². The van der Waals surface area contributed by atoms with Crippen LogP contribution in [0.3, 0.4) is 0 Å². The van der Waals surface area contributed by atoms with Gasteiger partial charge >= 0.3 is 0 Å². The van der Waals surface area contributed by atoms with Crippen LogP contribution in [0.4, 0.5) is 0 Å². The number of hydrogen-bond acceptors (Lipinski definition) is 3. The second-order valence-electron chi connectivity index (χ2n) is 4.41. The number of aromatic nitrogens is 1. The van der Waals surface area contributed by atoms with E-state index in [1.807, 2.05) is 6.20 Å². The summed E-state index contributed by atoms with van der Waals surface area (Å²) in [5.41, 5.74) is 1.42.